The fourth-order valence-electron chi connectivity index (χ4n) is 3.09. The van der Waals surface area contributed by atoms with Crippen molar-refractivity contribution in [1.29, 1.82) is 0 Å². The summed E-state index contributed by atoms with van der Waals surface area (Å²) in [6.45, 7) is 0. The molecule has 0 fully saturated rings. The van der Waals surface area contributed by atoms with Crippen LogP contribution in [0.25, 0.3) is 11.0 Å². The normalized spacial score (nSPS) is 17.1. The van der Waals surface area contributed by atoms with Crippen LogP contribution in [-0.4, -0.2) is 27.2 Å². The van der Waals surface area contributed by atoms with Crippen LogP contribution in [0.4, 0.5) is 5.95 Å². The van der Waals surface area contributed by atoms with Gasteiger partial charge in [-0.3, -0.25) is 14.9 Å². The number of anilines is 1. The molecule has 2 heterocycles. The molecule has 1 aromatic carbocycles. The lowest BCUT2D eigenvalue weighted by molar-refractivity contribution is 0.647. The zero-order chi connectivity index (χ0) is 14.4. The molecule has 1 aliphatic carbocycles. The molecule has 4 rings (SSSR count). The van der Waals surface area contributed by atoms with Gasteiger partial charge in [-0.1, -0.05) is 24.3 Å². The van der Waals surface area contributed by atoms with E-state index in [1.165, 1.54) is 17.3 Å². The summed E-state index contributed by atoms with van der Waals surface area (Å²) in [4.78, 5) is 21.4. The highest BCUT2D eigenvalue weighted by Gasteiger charge is 2.27. The molecule has 0 saturated heterocycles. The molecule has 0 aliphatic heterocycles. The summed E-state index contributed by atoms with van der Waals surface area (Å²) in [7, 11) is 1.97. The number of hydrogen-bond acceptors (Lipinski definition) is 4. The van der Waals surface area contributed by atoms with Crippen LogP contribution in [-0.2, 0) is 6.42 Å². The Kier molecular flexibility index (Phi) is 2.57. The zero-order valence-electron chi connectivity index (χ0n) is 11.6. The number of aromatic nitrogens is 4. The molecule has 0 radical (unpaired) electrons. The maximum absolute atomic E-state index is 12.0. The Morgan fingerprint density at radius 1 is 1.33 bits per heavy atom. The molecular weight excluding hydrogens is 266 g/mol. The summed E-state index contributed by atoms with van der Waals surface area (Å²) in [5.74, 6) is 0.568. The summed E-state index contributed by atoms with van der Waals surface area (Å²) in [5, 5.41) is 7.11. The number of rotatable bonds is 2. The van der Waals surface area contributed by atoms with Crippen LogP contribution in [0, 0.1) is 0 Å². The van der Waals surface area contributed by atoms with Crippen LogP contribution in [0.1, 0.15) is 23.6 Å². The molecule has 6 heteroatoms. The van der Waals surface area contributed by atoms with E-state index in [1.54, 1.807) is 0 Å². The van der Waals surface area contributed by atoms with E-state index in [-0.39, 0.29) is 11.6 Å². The van der Waals surface area contributed by atoms with Crippen LogP contribution in [0.2, 0.25) is 0 Å². The lowest BCUT2D eigenvalue weighted by Gasteiger charge is -2.25. The van der Waals surface area contributed by atoms with Crippen molar-refractivity contribution in [1.82, 2.24) is 20.2 Å². The third kappa shape index (κ3) is 1.83. The van der Waals surface area contributed by atoms with E-state index in [0.717, 1.165) is 12.8 Å². The lowest BCUT2D eigenvalue weighted by atomic mass is 10.1. The Bertz CT molecular complexity index is 866. The number of aromatic amines is 2. The van der Waals surface area contributed by atoms with Crippen molar-refractivity contribution in [3.8, 4) is 0 Å². The van der Waals surface area contributed by atoms with Crippen molar-refractivity contribution in [2.45, 2.75) is 18.9 Å². The van der Waals surface area contributed by atoms with Gasteiger partial charge in [0.05, 0.1) is 12.2 Å². The smallest absolute Gasteiger partial charge is 0.263 e. The van der Waals surface area contributed by atoms with Gasteiger partial charge in [0.15, 0.2) is 5.65 Å². The molecule has 0 saturated carbocycles. The minimum atomic E-state index is -0.165. The van der Waals surface area contributed by atoms with E-state index in [9.17, 15) is 4.79 Å². The fraction of sp³-hybridized carbons (Fsp3) is 0.267. The van der Waals surface area contributed by atoms with Crippen molar-refractivity contribution in [3.05, 3.63) is 51.9 Å². The van der Waals surface area contributed by atoms with Gasteiger partial charge in [-0.2, -0.15) is 10.1 Å². The maximum atomic E-state index is 12.0. The number of aryl methyl sites for hydroxylation is 1. The van der Waals surface area contributed by atoms with E-state index in [2.05, 4.69) is 44.4 Å². The molecule has 106 valence electrons. The quantitative estimate of drug-likeness (QED) is 0.750. The van der Waals surface area contributed by atoms with Crippen molar-refractivity contribution < 1.29 is 0 Å². The first-order valence-electron chi connectivity index (χ1n) is 6.98. The predicted octanol–water partition coefficient (Wildman–Crippen LogP) is 1.77. The minimum Gasteiger partial charge on any atom is -0.338 e. The Morgan fingerprint density at radius 2 is 2.19 bits per heavy atom. The van der Waals surface area contributed by atoms with Crippen LogP contribution in [0.3, 0.4) is 0 Å². The van der Waals surface area contributed by atoms with Gasteiger partial charge in [-0.15, -0.1) is 0 Å². The summed E-state index contributed by atoms with van der Waals surface area (Å²) in [5.41, 5.74) is 3.04. The first kappa shape index (κ1) is 12.1. The number of nitrogens with zero attached hydrogens (tertiary/aromatic N) is 3. The van der Waals surface area contributed by atoms with E-state index in [4.69, 9.17) is 0 Å². The number of hydrogen-bond donors (Lipinski definition) is 2. The van der Waals surface area contributed by atoms with Crippen LogP contribution >= 0.6 is 0 Å². The predicted molar refractivity (Wildman–Crippen MR) is 80.4 cm³/mol. The van der Waals surface area contributed by atoms with Gasteiger partial charge < -0.3 is 4.90 Å². The highest BCUT2D eigenvalue weighted by Crippen LogP contribution is 2.36. The minimum absolute atomic E-state index is 0.165. The maximum Gasteiger partial charge on any atom is 0.263 e. The summed E-state index contributed by atoms with van der Waals surface area (Å²) >= 11 is 0. The van der Waals surface area contributed by atoms with Crippen molar-refractivity contribution >= 4 is 17.0 Å². The molecule has 2 aromatic heterocycles. The van der Waals surface area contributed by atoms with Crippen molar-refractivity contribution in [2.75, 3.05) is 11.9 Å². The van der Waals surface area contributed by atoms with Gasteiger partial charge in [0, 0.05) is 7.05 Å². The Hall–Kier alpha value is -2.63. The summed E-state index contributed by atoms with van der Waals surface area (Å²) in [6, 6.07) is 8.68. The molecule has 21 heavy (non-hydrogen) atoms. The Balaban J connectivity index is 1.77. The average Bonchev–Trinajstić information content (AvgIpc) is 3.13. The SMILES string of the molecule is CN(c1nc2[nH]ncc2c(=O)[nH]1)[C@@H]1CCc2ccccc21. The molecule has 6 nitrogen and oxygen atoms in total. The van der Waals surface area contributed by atoms with Crippen LogP contribution in [0.15, 0.2) is 35.3 Å². The second-order valence-corrected chi connectivity index (χ2v) is 5.39. The second kappa shape index (κ2) is 4.44. The molecule has 0 unspecified atom stereocenters. The third-order valence-corrected chi connectivity index (χ3v) is 4.21. The number of benzene rings is 1. The average molecular weight is 281 g/mol. The third-order valence-electron chi connectivity index (χ3n) is 4.21. The Morgan fingerprint density at radius 3 is 3.10 bits per heavy atom. The van der Waals surface area contributed by atoms with E-state index in [1.807, 2.05) is 11.9 Å². The molecule has 0 amide bonds. The Labute approximate surface area is 120 Å². The van der Waals surface area contributed by atoms with Gasteiger partial charge in [0.25, 0.3) is 5.56 Å². The standard InChI is InChI=1S/C15H15N5O/c1-20(12-7-6-9-4-2-3-5-10(9)12)15-17-13-11(8-16-19-13)14(21)18-15/h2-5,8,12H,6-7H2,1H3,(H2,16,17,18,19,21)/t12-/m1/s1. The van der Waals surface area contributed by atoms with Gasteiger partial charge in [-0.05, 0) is 24.0 Å². The fourth-order valence-corrected chi connectivity index (χ4v) is 3.09. The molecular formula is C15H15N5O. The second-order valence-electron chi connectivity index (χ2n) is 5.39. The molecule has 0 spiro atoms. The summed E-state index contributed by atoms with van der Waals surface area (Å²) < 4.78 is 0. The van der Waals surface area contributed by atoms with Gasteiger partial charge >= 0.3 is 0 Å². The lowest BCUT2D eigenvalue weighted by Crippen LogP contribution is -2.26. The molecule has 1 atom stereocenters. The molecule has 3 aromatic rings. The highest BCUT2D eigenvalue weighted by atomic mass is 16.1. The van der Waals surface area contributed by atoms with E-state index < -0.39 is 0 Å². The van der Waals surface area contributed by atoms with Gasteiger partial charge in [0.2, 0.25) is 5.95 Å². The molecule has 2 N–H and O–H groups in total. The largest absolute Gasteiger partial charge is 0.338 e. The molecule has 0 bridgehead atoms. The van der Waals surface area contributed by atoms with Crippen molar-refractivity contribution in [3.63, 3.8) is 0 Å². The van der Waals surface area contributed by atoms with E-state index >= 15 is 0 Å². The van der Waals surface area contributed by atoms with Gasteiger partial charge in [0.1, 0.15) is 5.39 Å². The number of fused-ring (bicyclic) bond motifs is 2. The van der Waals surface area contributed by atoms with Crippen LogP contribution < -0.4 is 10.5 Å². The summed E-state index contributed by atoms with van der Waals surface area (Å²) in [6.07, 6.45) is 3.58. The van der Waals surface area contributed by atoms with Crippen LogP contribution in [0.5, 0.6) is 0 Å². The molecule has 1 aliphatic rings. The first-order chi connectivity index (χ1) is 10.2. The highest BCUT2D eigenvalue weighted by molar-refractivity contribution is 5.73. The number of H-pyrrole nitrogens is 2. The van der Waals surface area contributed by atoms with Crippen molar-refractivity contribution in [2.24, 2.45) is 0 Å². The first-order valence-corrected chi connectivity index (χ1v) is 6.98. The number of nitrogens with one attached hydrogen (secondary N) is 2. The zero-order valence-corrected chi connectivity index (χ0v) is 11.6. The monoisotopic (exact) mass is 281 g/mol. The van der Waals surface area contributed by atoms with E-state index in [0.29, 0.717) is 17.0 Å². The topological polar surface area (TPSA) is 77.7 Å². The van der Waals surface area contributed by atoms with Gasteiger partial charge in [-0.25, -0.2) is 0 Å².